The van der Waals surface area contributed by atoms with E-state index < -0.39 is 16.1 Å². The highest BCUT2D eigenvalue weighted by Crippen LogP contribution is 2.37. The molecule has 2 amide bonds. The average Bonchev–Trinajstić information content (AvgIpc) is 3.38. The van der Waals surface area contributed by atoms with E-state index in [1.165, 1.54) is 30.0 Å². The summed E-state index contributed by atoms with van der Waals surface area (Å²) in [4.78, 5) is 42.8. The van der Waals surface area contributed by atoms with E-state index in [2.05, 4.69) is 10.3 Å². The molecule has 8 nitrogen and oxygen atoms in total. The molecule has 2 fully saturated rings. The summed E-state index contributed by atoms with van der Waals surface area (Å²) in [6, 6.07) is 13.3. The van der Waals surface area contributed by atoms with Crippen LogP contribution in [0.5, 0.6) is 0 Å². The second-order valence-electron chi connectivity index (χ2n) is 7.66. The van der Waals surface area contributed by atoms with E-state index in [0.29, 0.717) is 5.17 Å². The monoisotopic (exact) mass is 472 g/mol. The zero-order valence-corrected chi connectivity index (χ0v) is 18.6. The summed E-state index contributed by atoms with van der Waals surface area (Å²) in [6.45, 7) is 0. The first-order valence-corrected chi connectivity index (χ1v) is 11.6. The van der Waals surface area contributed by atoms with Crippen molar-refractivity contribution in [2.24, 2.45) is 4.99 Å². The number of hydrogen-bond donors (Lipinski definition) is 1. The van der Waals surface area contributed by atoms with Crippen molar-refractivity contribution >= 4 is 57.4 Å². The lowest BCUT2D eigenvalue weighted by molar-refractivity contribution is -0.384. The number of carbonyl (C=O) groups is 2. The molecular weight excluding hydrogens is 452 g/mol. The van der Waals surface area contributed by atoms with Gasteiger partial charge in [0.05, 0.1) is 21.3 Å². The normalized spacial score (nSPS) is 20.2. The van der Waals surface area contributed by atoms with Crippen LogP contribution in [0, 0.1) is 10.1 Å². The Kier molecular flexibility index (Phi) is 6.76. The third-order valence-electron chi connectivity index (χ3n) is 5.44. The quantitative estimate of drug-likeness (QED) is 0.462. The van der Waals surface area contributed by atoms with Crippen LogP contribution in [-0.2, 0) is 9.59 Å². The molecule has 1 atom stereocenters. The number of amidine groups is 1. The van der Waals surface area contributed by atoms with Crippen molar-refractivity contribution < 1.29 is 14.5 Å². The van der Waals surface area contributed by atoms with Gasteiger partial charge in [-0.1, -0.05) is 54.4 Å². The summed E-state index contributed by atoms with van der Waals surface area (Å²) in [5.41, 5.74) is 0.715. The van der Waals surface area contributed by atoms with E-state index in [4.69, 9.17) is 11.6 Å². The van der Waals surface area contributed by atoms with Crippen molar-refractivity contribution in [1.29, 1.82) is 0 Å². The van der Waals surface area contributed by atoms with Gasteiger partial charge in [0.15, 0.2) is 5.17 Å². The predicted octanol–water partition coefficient (Wildman–Crippen LogP) is 5.15. The molecule has 2 aromatic carbocycles. The summed E-state index contributed by atoms with van der Waals surface area (Å²) in [5, 5.41) is 13.8. The van der Waals surface area contributed by atoms with Gasteiger partial charge < -0.3 is 5.32 Å². The summed E-state index contributed by atoms with van der Waals surface area (Å²) in [6.07, 6.45) is 3.88. The van der Waals surface area contributed by atoms with E-state index in [1.54, 1.807) is 4.90 Å². The van der Waals surface area contributed by atoms with Crippen LogP contribution >= 0.6 is 23.4 Å². The number of hydrogen-bond acceptors (Lipinski definition) is 6. The third kappa shape index (κ3) is 4.94. The van der Waals surface area contributed by atoms with Crippen molar-refractivity contribution in [3.05, 3.63) is 63.7 Å². The maximum absolute atomic E-state index is 13.2. The molecular formula is C22H21ClN4O4S. The van der Waals surface area contributed by atoms with Gasteiger partial charge in [-0.2, -0.15) is 0 Å². The first kappa shape index (κ1) is 22.3. The Morgan fingerprint density at radius 3 is 2.62 bits per heavy atom. The summed E-state index contributed by atoms with van der Waals surface area (Å²) < 4.78 is 0. The van der Waals surface area contributed by atoms with Crippen molar-refractivity contribution in [2.45, 2.75) is 43.4 Å². The fraction of sp³-hybridized carbons (Fsp3) is 0.318. The molecule has 1 aliphatic carbocycles. The van der Waals surface area contributed by atoms with Gasteiger partial charge in [-0.3, -0.25) is 24.6 Å². The molecule has 1 unspecified atom stereocenters. The van der Waals surface area contributed by atoms with E-state index in [9.17, 15) is 19.7 Å². The molecule has 0 bridgehead atoms. The van der Waals surface area contributed by atoms with E-state index in [0.717, 1.165) is 31.4 Å². The number of benzene rings is 2. The SMILES string of the molecule is O=C(CC1SC(=Nc2ccccc2)N(C2CCCC2)C1=O)Nc1cc([N+](=O)[O-])ccc1Cl. The van der Waals surface area contributed by atoms with Gasteiger partial charge in [0, 0.05) is 24.6 Å². The van der Waals surface area contributed by atoms with Crippen molar-refractivity contribution in [1.82, 2.24) is 4.90 Å². The van der Waals surface area contributed by atoms with Crippen LogP contribution in [0.25, 0.3) is 0 Å². The zero-order chi connectivity index (χ0) is 22.7. The number of para-hydroxylation sites is 1. The van der Waals surface area contributed by atoms with Gasteiger partial charge in [0.2, 0.25) is 11.8 Å². The number of rotatable bonds is 6. The van der Waals surface area contributed by atoms with Gasteiger partial charge in [0.1, 0.15) is 5.25 Å². The number of amides is 2. The van der Waals surface area contributed by atoms with Crippen LogP contribution in [0.1, 0.15) is 32.1 Å². The molecule has 0 aromatic heterocycles. The van der Waals surface area contributed by atoms with E-state index >= 15 is 0 Å². The van der Waals surface area contributed by atoms with Crippen LogP contribution in [0.15, 0.2) is 53.5 Å². The number of carbonyl (C=O) groups excluding carboxylic acids is 2. The Morgan fingerprint density at radius 2 is 1.94 bits per heavy atom. The third-order valence-corrected chi connectivity index (χ3v) is 6.92. The molecule has 1 N–H and O–H groups in total. The molecule has 1 heterocycles. The van der Waals surface area contributed by atoms with Crippen molar-refractivity contribution in [2.75, 3.05) is 5.32 Å². The number of halogens is 1. The molecule has 1 saturated heterocycles. The van der Waals surface area contributed by atoms with E-state index in [-0.39, 0.29) is 34.8 Å². The van der Waals surface area contributed by atoms with Crippen LogP contribution in [0.4, 0.5) is 17.1 Å². The largest absolute Gasteiger partial charge is 0.325 e. The topological polar surface area (TPSA) is 105 Å². The number of non-ortho nitro benzene ring substituents is 1. The van der Waals surface area contributed by atoms with Crippen LogP contribution in [0.3, 0.4) is 0 Å². The van der Waals surface area contributed by atoms with E-state index in [1.807, 2.05) is 30.3 Å². The first-order valence-electron chi connectivity index (χ1n) is 10.3. The van der Waals surface area contributed by atoms with Crippen LogP contribution in [0.2, 0.25) is 5.02 Å². The lowest BCUT2D eigenvalue weighted by atomic mass is 10.2. The van der Waals surface area contributed by atoms with Gasteiger partial charge in [-0.05, 0) is 31.0 Å². The van der Waals surface area contributed by atoms with Gasteiger partial charge >= 0.3 is 0 Å². The molecule has 2 aromatic rings. The number of nitro groups is 1. The molecule has 32 heavy (non-hydrogen) atoms. The smallest absolute Gasteiger partial charge is 0.271 e. The average molecular weight is 473 g/mol. The molecule has 2 aliphatic rings. The summed E-state index contributed by atoms with van der Waals surface area (Å²) in [7, 11) is 0. The Hall–Kier alpha value is -2.91. The second kappa shape index (κ2) is 9.70. The van der Waals surface area contributed by atoms with Crippen LogP contribution in [-0.4, -0.2) is 38.1 Å². The fourth-order valence-electron chi connectivity index (χ4n) is 3.90. The Bertz CT molecular complexity index is 1070. The van der Waals surface area contributed by atoms with Crippen molar-refractivity contribution in [3.63, 3.8) is 0 Å². The zero-order valence-electron chi connectivity index (χ0n) is 17.1. The Labute approximate surface area is 194 Å². The van der Waals surface area contributed by atoms with Gasteiger partial charge in [0.25, 0.3) is 5.69 Å². The number of anilines is 1. The molecule has 4 rings (SSSR count). The minimum atomic E-state index is -0.615. The van der Waals surface area contributed by atoms with Gasteiger partial charge in [-0.25, -0.2) is 4.99 Å². The molecule has 166 valence electrons. The first-order chi connectivity index (χ1) is 15.4. The molecule has 0 radical (unpaired) electrons. The Morgan fingerprint density at radius 1 is 1.22 bits per heavy atom. The number of aliphatic imine (C=N–C) groups is 1. The highest BCUT2D eigenvalue weighted by Gasteiger charge is 2.43. The molecule has 10 heteroatoms. The maximum atomic E-state index is 13.2. The maximum Gasteiger partial charge on any atom is 0.271 e. The molecule has 0 spiro atoms. The Balaban J connectivity index is 1.52. The molecule has 1 saturated carbocycles. The predicted molar refractivity (Wildman–Crippen MR) is 125 cm³/mol. The minimum Gasteiger partial charge on any atom is -0.325 e. The summed E-state index contributed by atoms with van der Waals surface area (Å²) >= 11 is 7.36. The van der Waals surface area contributed by atoms with Crippen molar-refractivity contribution in [3.8, 4) is 0 Å². The number of nitrogens with zero attached hydrogens (tertiary/aromatic N) is 3. The summed E-state index contributed by atoms with van der Waals surface area (Å²) in [5.74, 6) is -0.567. The van der Waals surface area contributed by atoms with Gasteiger partial charge in [-0.15, -0.1) is 0 Å². The van der Waals surface area contributed by atoms with Crippen LogP contribution < -0.4 is 5.32 Å². The highest BCUT2D eigenvalue weighted by atomic mass is 35.5. The highest BCUT2D eigenvalue weighted by molar-refractivity contribution is 8.15. The lowest BCUT2D eigenvalue weighted by Gasteiger charge is -2.23. The number of nitrogens with one attached hydrogen (secondary N) is 1. The molecule has 1 aliphatic heterocycles. The number of nitro benzene ring substituents is 1. The number of thioether (sulfide) groups is 1. The second-order valence-corrected chi connectivity index (χ2v) is 9.23. The standard InChI is InChI=1S/C22H21ClN4O4S/c23-17-11-10-16(27(30)31)12-18(17)25-20(28)13-19-21(29)26(15-8-4-5-9-15)22(32-19)24-14-6-2-1-3-7-14/h1-3,6-7,10-12,15,19H,4-5,8-9,13H2,(H,25,28). The fourth-order valence-corrected chi connectivity index (χ4v) is 5.28. The lowest BCUT2D eigenvalue weighted by Crippen LogP contribution is -2.40. The minimum absolute atomic E-state index is 0.0838.